The van der Waals surface area contributed by atoms with Gasteiger partial charge in [0.05, 0.1) is 5.54 Å². The summed E-state index contributed by atoms with van der Waals surface area (Å²) in [6, 6.07) is 52.5. The number of rotatable bonds is 4. The maximum atomic E-state index is 7.31. The van der Waals surface area contributed by atoms with Gasteiger partial charge in [-0.1, -0.05) is 150 Å². The maximum absolute atomic E-state index is 7.31. The number of ether oxygens (including phenoxy) is 1. The summed E-state index contributed by atoms with van der Waals surface area (Å²) in [6.45, 7) is 22.7. The summed E-state index contributed by atoms with van der Waals surface area (Å²) in [7, 11) is 0. The van der Waals surface area contributed by atoms with Crippen LogP contribution < -0.4 is 4.90 Å². The Bertz CT molecular complexity index is 3240. The number of nitrogens with zero attached hydrogens (tertiary/aromatic N) is 4. The van der Waals surface area contributed by atoms with Crippen LogP contribution in [0.15, 0.2) is 133 Å². The fourth-order valence-corrected chi connectivity index (χ4v) is 10.6. The second kappa shape index (κ2) is 14.6. The summed E-state index contributed by atoms with van der Waals surface area (Å²) in [5.74, 6) is 1.75. The molecule has 2 aliphatic heterocycles. The van der Waals surface area contributed by atoms with Crippen LogP contribution in [-0.4, -0.2) is 21.0 Å². The fourth-order valence-electron chi connectivity index (χ4n) is 10.6. The first-order valence-electron chi connectivity index (χ1n) is 22.5. The molecule has 0 bridgehead atoms. The second-order valence-electron chi connectivity index (χ2n) is 20.4. The summed E-state index contributed by atoms with van der Waals surface area (Å²) in [5, 5.41) is 2.36. The van der Waals surface area contributed by atoms with E-state index in [0.717, 1.165) is 51.5 Å². The van der Waals surface area contributed by atoms with E-state index < -0.39 is 11.1 Å². The average molecular weight is 1020 g/mol. The molecule has 6 heteroatoms. The first kappa shape index (κ1) is 42.2. The van der Waals surface area contributed by atoms with E-state index in [1.165, 1.54) is 55.3 Å². The Morgan fingerprint density at radius 3 is 2.22 bits per heavy atom. The van der Waals surface area contributed by atoms with Gasteiger partial charge in [0.15, 0.2) is 0 Å². The van der Waals surface area contributed by atoms with E-state index in [4.69, 9.17) is 14.7 Å². The van der Waals surface area contributed by atoms with Crippen LogP contribution >= 0.6 is 0 Å². The zero-order valence-corrected chi connectivity index (χ0v) is 40.7. The first-order valence-corrected chi connectivity index (χ1v) is 22.5. The molecule has 3 aliphatic rings. The number of hydrogen-bond acceptors (Lipinski definition) is 4. The number of pyridine rings is 1. The average Bonchev–Trinajstić information content (AvgIpc) is 3.70. The molecule has 6 aromatic carbocycles. The van der Waals surface area contributed by atoms with Crippen LogP contribution in [0.4, 0.5) is 17.1 Å². The van der Waals surface area contributed by atoms with Crippen molar-refractivity contribution in [3.63, 3.8) is 0 Å². The SMILES string of the molecule is Cc1ccc2c(c1)c1cc3c([c-]c1n2-c1cc(C(C)(C)C)ccn1)N(c1[c-]c(C2=N[C@]4(C)Cc5ccccc5-c5ccccc5[C@]4(C)O2)cc(C(C)C)c1)c1ccccc1C3(C)C.[Pt+2]. The summed E-state index contributed by atoms with van der Waals surface area (Å²) in [4.78, 5) is 13.0. The molecule has 64 heavy (non-hydrogen) atoms. The molecule has 5 nitrogen and oxygen atoms in total. The van der Waals surface area contributed by atoms with Gasteiger partial charge in [-0.25, -0.2) is 4.98 Å². The number of anilines is 3. The largest absolute Gasteiger partial charge is 2.00 e. The number of fused-ring (bicyclic) bond motifs is 10. The number of hydrogen-bond donors (Lipinski definition) is 0. The number of para-hydroxylation sites is 1. The quantitative estimate of drug-likeness (QED) is 0.165. The van der Waals surface area contributed by atoms with Gasteiger partial charge in [-0.2, -0.15) is 6.07 Å². The Morgan fingerprint density at radius 2 is 1.45 bits per heavy atom. The van der Waals surface area contributed by atoms with Gasteiger partial charge in [0, 0.05) is 29.4 Å². The maximum Gasteiger partial charge on any atom is 2.00 e. The van der Waals surface area contributed by atoms with Gasteiger partial charge in [0.2, 0.25) is 0 Å². The van der Waals surface area contributed by atoms with Crippen molar-refractivity contribution in [3.8, 4) is 16.9 Å². The molecule has 0 saturated carbocycles. The number of aliphatic imine (C=N–C) groups is 1. The van der Waals surface area contributed by atoms with E-state index in [1.807, 2.05) is 6.20 Å². The Labute approximate surface area is 392 Å². The molecule has 0 amide bonds. The first-order chi connectivity index (χ1) is 30.1. The molecule has 2 aromatic heterocycles. The zero-order chi connectivity index (χ0) is 43.8. The molecule has 1 aliphatic carbocycles. The van der Waals surface area contributed by atoms with Gasteiger partial charge in [0.1, 0.15) is 17.3 Å². The van der Waals surface area contributed by atoms with E-state index in [0.29, 0.717) is 5.90 Å². The molecular formula is C58H54N4OPt. The molecule has 0 unspecified atom stereocenters. The van der Waals surface area contributed by atoms with E-state index in [-0.39, 0.29) is 37.8 Å². The molecule has 11 rings (SSSR count). The van der Waals surface area contributed by atoms with Crippen LogP contribution in [0, 0.1) is 19.1 Å². The van der Waals surface area contributed by atoms with Crippen LogP contribution in [-0.2, 0) is 48.7 Å². The van der Waals surface area contributed by atoms with Crippen molar-refractivity contribution in [1.29, 1.82) is 0 Å². The van der Waals surface area contributed by atoms with Gasteiger partial charge < -0.3 is 14.2 Å². The molecule has 2 atom stereocenters. The Balaban J connectivity index is 0.00000484. The second-order valence-corrected chi connectivity index (χ2v) is 20.4. The zero-order valence-electron chi connectivity index (χ0n) is 38.4. The summed E-state index contributed by atoms with van der Waals surface area (Å²) >= 11 is 0. The van der Waals surface area contributed by atoms with E-state index in [1.54, 1.807) is 0 Å². The van der Waals surface area contributed by atoms with Crippen LogP contribution in [0.1, 0.15) is 113 Å². The van der Waals surface area contributed by atoms with Crippen LogP contribution in [0.5, 0.6) is 0 Å². The molecule has 0 N–H and O–H groups in total. The van der Waals surface area contributed by atoms with E-state index in [9.17, 15) is 0 Å². The summed E-state index contributed by atoms with van der Waals surface area (Å²) in [6.07, 6.45) is 2.70. The van der Waals surface area contributed by atoms with Crippen molar-refractivity contribution in [3.05, 3.63) is 184 Å². The van der Waals surface area contributed by atoms with Gasteiger partial charge >= 0.3 is 21.1 Å². The van der Waals surface area contributed by atoms with E-state index in [2.05, 4.69) is 212 Å². The minimum Gasteiger partial charge on any atom is -0.508 e. The normalized spacial score (nSPS) is 19.5. The van der Waals surface area contributed by atoms with Crippen molar-refractivity contribution in [2.45, 2.75) is 104 Å². The monoisotopic (exact) mass is 1020 g/mol. The Kier molecular flexibility index (Phi) is 9.64. The van der Waals surface area contributed by atoms with Gasteiger partial charge in [-0.3, -0.25) is 4.99 Å². The molecule has 0 radical (unpaired) electrons. The number of aryl methyl sites for hydroxylation is 1. The number of aromatic nitrogens is 2. The van der Waals surface area contributed by atoms with Gasteiger partial charge in [-0.05, 0) is 101 Å². The topological polar surface area (TPSA) is 42.7 Å². The van der Waals surface area contributed by atoms with Crippen molar-refractivity contribution in [1.82, 2.24) is 9.55 Å². The molecule has 4 heterocycles. The molecular weight excluding hydrogens is 964 g/mol. The summed E-state index contributed by atoms with van der Waals surface area (Å²) < 4.78 is 9.62. The molecule has 322 valence electrons. The van der Waals surface area contributed by atoms with Crippen molar-refractivity contribution in [2.75, 3.05) is 4.90 Å². The minimum atomic E-state index is -0.711. The third kappa shape index (κ3) is 6.21. The third-order valence-corrected chi connectivity index (χ3v) is 14.5. The summed E-state index contributed by atoms with van der Waals surface area (Å²) in [5.41, 5.74) is 15.4. The van der Waals surface area contributed by atoms with Crippen LogP contribution in [0.3, 0.4) is 0 Å². The minimum absolute atomic E-state index is 0. The molecule has 0 fully saturated rings. The Morgan fingerprint density at radius 1 is 0.734 bits per heavy atom. The van der Waals surface area contributed by atoms with Crippen molar-refractivity contribution in [2.24, 2.45) is 4.99 Å². The third-order valence-electron chi connectivity index (χ3n) is 14.5. The standard InChI is InChI=1S/C58H54N4O.Pt/c1-35(2)38-28-39(54-60-57(9)34-37-17-11-12-18-42(37)43-19-13-14-20-46(43)58(57,10)63-54)30-41(29-38)61-50-22-16-15-21-47(50)56(7,8)48-32-45-44-27-36(3)23-24-49(44)62(51(45)33-52(48)61)53-31-40(25-26-59-53)55(4,5)6;/h11-29,31-32,35H,34H2,1-10H3;/q-2;+2/t57-,58+;/m1./s1. The predicted molar refractivity (Wildman–Crippen MR) is 260 cm³/mol. The van der Waals surface area contributed by atoms with Crippen LogP contribution in [0.25, 0.3) is 38.8 Å². The van der Waals surface area contributed by atoms with Gasteiger partial charge in [-0.15, -0.1) is 40.8 Å². The Hall–Kier alpha value is -5.77. The number of benzene rings is 6. The van der Waals surface area contributed by atoms with Gasteiger partial charge in [0.25, 0.3) is 0 Å². The predicted octanol–water partition coefficient (Wildman–Crippen LogP) is 14.3. The van der Waals surface area contributed by atoms with Crippen molar-refractivity contribution >= 4 is 44.8 Å². The smallest absolute Gasteiger partial charge is 0.508 e. The van der Waals surface area contributed by atoms with E-state index >= 15 is 0 Å². The molecule has 0 spiro atoms. The van der Waals surface area contributed by atoms with Crippen molar-refractivity contribution < 1.29 is 25.8 Å². The molecule has 0 saturated heterocycles. The fraction of sp³-hybridized carbons (Fsp3) is 0.276. The molecule has 8 aromatic rings. The van der Waals surface area contributed by atoms with Crippen LogP contribution in [0.2, 0.25) is 0 Å².